The predicted octanol–water partition coefficient (Wildman–Crippen LogP) is 2.59. The molecular formula is C17H12N2O4S3. The van der Waals surface area contributed by atoms with Crippen molar-refractivity contribution in [2.24, 2.45) is 0 Å². The molecule has 0 spiro atoms. The molecule has 3 rings (SSSR count). The Labute approximate surface area is 159 Å². The number of benzene rings is 2. The normalized spacial score (nSPS) is 16.3. The first-order valence-electron chi connectivity index (χ1n) is 7.31. The number of nitrogens with one attached hydrogen (secondary N) is 1. The minimum absolute atomic E-state index is 0.0301. The minimum atomic E-state index is -3.93. The molecule has 1 saturated heterocycles. The molecule has 26 heavy (non-hydrogen) atoms. The van der Waals surface area contributed by atoms with Gasteiger partial charge in [0.05, 0.1) is 9.80 Å². The summed E-state index contributed by atoms with van der Waals surface area (Å²) in [6, 6.07) is 14.3. The highest BCUT2D eigenvalue weighted by Gasteiger charge is 2.35. The number of thioether (sulfide) groups is 1. The first kappa shape index (κ1) is 18.5. The van der Waals surface area contributed by atoms with Crippen LogP contribution < -0.4 is 4.83 Å². The zero-order valence-electron chi connectivity index (χ0n) is 13.2. The molecule has 132 valence electrons. The standard InChI is InChI=1S/C17H12N2O4S3/c20-11-13-8-6-12(7-9-13)10-15-16(21)19(17(24)25-15)18-26(22,23)14-4-2-1-3-5-14/h1-11,18H/b15-10-. The van der Waals surface area contributed by atoms with Crippen molar-refractivity contribution in [3.8, 4) is 0 Å². The van der Waals surface area contributed by atoms with Crippen LogP contribution in [0.3, 0.4) is 0 Å². The second-order valence-electron chi connectivity index (χ2n) is 5.21. The zero-order valence-corrected chi connectivity index (χ0v) is 15.6. The lowest BCUT2D eigenvalue weighted by atomic mass is 10.1. The van der Waals surface area contributed by atoms with Crippen LogP contribution >= 0.6 is 24.0 Å². The van der Waals surface area contributed by atoms with E-state index in [0.717, 1.165) is 23.1 Å². The van der Waals surface area contributed by atoms with E-state index < -0.39 is 15.9 Å². The highest BCUT2D eigenvalue weighted by molar-refractivity contribution is 8.26. The lowest BCUT2D eigenvalue weighted by molar-refractivity contribution is -0.123. The van der Waals surface area contributed by atoms with E-state index in [9.17, 15) is 18.0 Å². The monoisotopic (exact) mass is 404 g/mol. The van der Waals surface area contributed by atoms with E-state index >= 15 is 0 Å². The van der Waals surface area contributed by atoms with Gasteiger partial charge in [0.15, 0.2) is 4.32 Å². The molecule has 1 fully saturated rings. The summed E-state index contributed by atoms with van der Waals surface area (Å²) in [7, 11) is -3.93. The van der Waals surface area contributed by atoms with Crippen molar-refractivity contribution in [2.75, 3.05) is 0 Å². The van der Waals surface area contributed by atoms with Crippen molar-refractivity contribution in [3.63, 3.8) is 0 Å². The number of hydrogen-bond acceptors (Lipinski definition) is 6. The van der Waals surface area contributed by atoms with Gasteiger partial charge in [-0.1, -0.05) is 66.4 Å². The number of thiocarbonyl (C=S) groups is 1. The van der Waals surface area contributed by atoms with E-state index in [4.69, 9.17) is 12.2 Å². The van der Waals surface area contributed by atoms with Crippen LogP contribution in [-0.2, 0) is 14.8 Å². The summed E-state index contributed by atoms with van der Waals surface area (Å²) in [5, 5.41) is 0.841. The Balaban J connectivity index is 1.82. The molecule has 9 heteroatoms. The number of nitrogens with zero attached hydrogens (tertiary/aromatic N) is 1. The van der Waals surface area contributed by atoms with Gasteiger partial charge >= 0.3 is 0 Å². The third-order valence-electron chi connectivity index (χ3n) is 3.43. The van der Waals surface area contributed by atoms with Gasteiger partial charge in [0.25, 0.3) is 15.9 Å². The summed E-state index contributed by atoms with van der Waals surface area (Å²) in [6.45, 7) is 0. The van der Waals surface area contributed by atoms with Crippen LogP contribution in [0.2, 0.25) is 0 Å². The minimum Gasteiger partial charge on any atom is -0.298 e. The molecule has 0 aromatic heterocycles. The molecule has 2 aromatic carbocycles. The average Bonchev–Trinajstić information content (AvgIpc) is 2.90. The zero-order chi connectivity index (χ0) is 18.7. The smallest absolute Gasteiger partial charge is 0.281 e. The van der Waals surface area contributed by atoms with E-state index in [2.05, 4.69) is 4.83 Å². The highest BCUT2D eigenvalue weighted by Crippen LogP contribution is 2.32. The molecule has 1 amide bonds. The quantitative estimate of drug-likeness (QED) is 0.469. The molecule has 1 heterocycles. The summed E-state index contributed by atoms with van der Waals surface area (Å²) in [4.78, 5) is 25.7. The first-order valence-corrected chi connectivity index (χ1v) is 10.0. The number of hydrogen-bond donors (Lipinski definition) is 1. The molecule has 0 radical (unpaired) electrons. The second kappa shape index (κ2) is 7.50. The Morgan fingerprint density at radius 1 is 1.00 bits per heavy atom. The van der Waals surface area contributed by atoms with E-state index in [1.807, 2.05) is 0 Å². The molecule has 0 unspecified atom stereocenters. The largest absolute Gasteiger partial charge is 0.298 e. The molecular weight excluding hydrogens is 392 g/mol. The fraction of sp³-hybridized carbons (Fsp3) is 0. The summed E-state index contributed by atoms with van der Waals surface area (Å²) in [5.74, 6) is -0.557. The van der Waals surface area contributed by atoms with Crippen molar-refractivity contribution < 1.29 is 18.0 Å². The van der Waals surface area contributed by atoms with Crippen LogP contribution in [-0.4, -0.2) is 29.9 Å². The van der Waals surface area contributed by atoms with Gasteiger partial charge in [-0.25, -0.2) is 13.4 Å². The maximum Gasteiger partial charge on any atom is 0.281 e. The molecule has 6 nitrogen and oxygen atoms in total. The molecule has 2 aromatic rings. The number of carbonyl (C=O) groups excluding carboxylic acids is 2. The number of hydrazine groups is 1. The maximum absolute atomic E-state index is 12.5. The van der Waals surface area contributed by atoms with Crippen LogP contribution in [0, 0.1) is 0 Å². The van der Waals surface area contributed by atoms with Crippen LogP contribution in [0.4, 0.5) is 0 Å². The number of amides is 1. The lowest BCUT2D eigenvalue weighted by Crippen LogP contribution is -2.44. The summed E-state index contributed by atoms with van der Waals surface area (Å²) in [5.41, 5.74) is 1.22. The van der Waals surface area contributed by atoms with Crippen molar-refractivity contribution in [3.05, 3.63) is 70.6 Å². The maximum atomic E-state index is 12.5. The van der Waals surface area contributed by atoms with E-state index in [1.165, 1.54) is 12.1 Å². The SMILES string of the molecule is O=Cc1ccc(/C=C2\SC(=S)N(NS(=O)(=O)c3ccccc3)C2=O)cc1. The van der Waals surface area contributed by atoms with Crippen molar-refractivity contribution >= 4 is 56.6 Å². The van der Waals surface area contributed by atoms with Crippen LogP contribution in [0.5, 0.6) is 0 Å². The van der Waals surface area contributed by atoms with Gasteiger partial charge in [-0.05, 0) is 23.8 Å². The Bertz CT molecular complexity index is 1000. The van der Waals surface area contributed by atoms with Crippen molar-refractivity contribution in [1.82, 2.24) is 9.84 Å². The molecule has 1 aliphatic heterocycles. The summed E-state index contributed by atoms with van der Waals surface area (Å²) >= 11 is 6.12. The molecule has 1 N–H and O–H groups in total. The van der Waals surface area contributed by atoms with Crippen molar-refractivity contribution in [2.45, 2.75) is 4.90 Å². The molecule has 0 bridgehead atoms. The van der Waals surface area contributed by atoms with Gasteiger partial charge in [0.2, 0.25) is 0 Å². The van der Waals surface area contributed by atoms with Gasteiger partial charge in [-0.15, -0.1) is 4.83 Å². The fourth-order valence-electron chi connectivity index (χ4n) is 2.14. The molecule has 1 aliphatic rings. The van der Waals surface area contributed by atoms with E-state index in [1.54, 1.807) is 48.5 Å². The molecule has 0 aliphatic carbocycles. The number of rotatable bonds is 5. The number of aldehydes is 1. The fourth-order valence-corrected chi connectivity index (χ4v) is 4.47. The Hall–Kier alpha value is -2.33. The average molecular weight is 404 g/mol. The Morgan fingerprint density at radius 2 is 1.62 bits per heavy atom. The van der Waals surface area contributed by atoms with Gasteiger partial charge in [0.1, 0.15) is 6.29 Å². The third kappa shape index (κ3) is 3.91. The van der Waals surface area contributed by atoms with Gasteiger partial charge in [0, 0.05) is 5.56 Å². The second-order valence-corrected chi connectivity index (χ2v) is 8.55. The van der Waals surface area contributed by atoms with Crippen molar-refractivity contribution in [1.29, 1.82) is 0 Å². The Morgan fingerprint density at radius 3 is 2.23 bits per heavy atom. The highest BCUT2D eigenvalue weighted by atomic mass is 32.2. The predicted molar refractivity (Wildman–Crippen MR) is 104 cm³/mol. The van der Waals surface area contributed by atoms with E-state index in [0.29, 0.717) is 11.1 Å². The van der Waals surface area contributed by atoms with Gasteiger partial charge < -0.3 is 0 Å². The molecule has 0 saturated carbocycles. The van der Waals surface area contributed by atoms with Gasteiger partial charge in [-0.3, -0.25) is 9.59 Å². The summed E-state index contributed by atoms with van der Waals surface area (Å²) in [6.07, 6.45) is 2.31. The number of carbonyl (C=O) groups is 2. The van der Waals surface area contributed by atoms with E-state index in [-0.39, 0.29) is 14.1 Å². The summed E-state index contributed by atoms with van der Waals surface area (Å²) < 4.78 is 24.9. The van der Waals surface area contributed by atoms with Crippen LogP contribution in [0.1, 0.15) is 15.9 Å². The topological polar surface area (TPSA) is 83.6 Å². The lowest BCUT2D eigenvalue weighted by Gasteiger charge is -2.15. The first-order chi connectivity index (χ1) is 12.4. The third-order valence-corrected chi connectivity index (χ3v) is 6.05. The van der Waals surface area contributed by atoms with Crippen LogP contribution in [0.25, 0.3) is 6.08 Å². The van der Waals surface area contributed by atoms with Gasteiger partial charge in [-0.2, -0.15) is 0 Å². The van der Waals surface area contributed by atoms with Crippen LogP contribution in [0.15, 0.2) is 64.4 Å². The Kier molecular flexibility index (Phi) is 5.33. The number of sulfonamides is 1. The molecule has 0 atom stereocenters.